The minimum atomic E-state index is -3.07. The highest BCUT2D eigenvalue weighted by Crippen LogP contribution is 2.23. The van der Waals surface area contributed by atoms with E-state index in [0.717, 1.165) is 18.5 Å². The van der Waals surface area contributed by atoms with Gasteiger partial charge in [-0.15, -0.1) is 0 Å². The number of nitrogens with one attached hydrogen (secondary N) is 1. The van der Waals surface area contributed by atoms with Crippen LogP contribution in [0.25, 0.3) is 0 Å². The van der Waals surface area contributed by atoms with Crippen LogP contribution in [0, 0.1) is 5.92 Å². The molecule has 0 heterocycles. The van der Waals surface area contributed by atoms with Crippen molar-refractivity contribution in [2.24, 2.45) is 5.92 Å². The summed E-state index contributed by atoms with van der Waals surface area (Å²) in [6.45, 7) is 8.90. The molecule has 0 saturated heterocycles. The van der Waals surface area contributed by atoms with E-state index in [9.17, 15) is 8.42 Å². The molecule has 0 bridgehead atoms. The number of hydrogen-bond donors (Lipinski definition) is 1. The summed E-state index contributed by atoms with van der Waals surface area (Å²) >= 11 is 0. The second-order valence-corrected chi connectivity index (χ2v) is 8.32. The van der Waals surface area contributed by atoms with Crippen molar-refractivity contribution in [2.75, 3.05) is 12.8 Å². The molecule has 0 aliphatic carbocycles. The molecule has 1 aromatic rings. The standard InChI is InChI=1S/C16H27NO2S/c1-6-17-16(13(4)20(5,18)19)15-9-7-8-14(11-15)10-12(2)3/h7-9,11-13,16-17H,6,10H2,1-5H3. The average molecular weight is 297 g/mol. The number of hydrogen-bond acceptors (Lipinski definition) is 3. The van der Waals surface area contributed by atoms with Crippen LogP contribution in [0.4, 0.5) is 0 Å². The molecule has 0 aliphatic heterocycles. The lowest BCUT2D eigenvalue weighted by atomic mass is 9.97. The Morgan fingerprint density at radius 1 is 1.20 bits per heavy atom. The van der Waals surface area contributed by atoms with Gasteiger partial charge in [0.1, 0.15) is 0 Å². The third-order valence-corrected chi connectivity index (χ3v) is 5.15. The van der Waals surface area contributed by atoms with Crippen LogP contribution >= 0.6 is 0 Å². The normalized spacial score (nSPS) is 15.3. The Morgan fingerprint density at radius 2 is 1.85 bits per heavy atom. The summed E-state index contributed by atoms with van der Waals surface area (Å²) in [4.78, 5) is 0. The Hall–Kier alpha value is -0.870. The summed E-state index contributed by atoms with van der Waals surface area (Å²) in [5.41, 5.74) is 2.32. The first-order chi connectivity index (χ1) is 9.25. The van der Waals surface area contributed by atoms with Gasteiger partial charge in [-0.3, -0.25) is 0 Å². The van der Waals surface area contributed by atoms with Gasteiger partial charge in [0.05, 0.1) is 5.25 Å². The van der Waals surface area contributed by atoms with E-state index in [2.05, 4.69) is 31.3 Å². The molecule has 114 valence electrons. The van der Waals surface area contributed by atoms with Crippen molar-refractivity contribution in [1.29, 1.82) is 0 Å². The van der Waals surface area contributed by atoms with Gasteiger partial charge in [-0.25, -0.2) is 8.42 Å². The SMILES string of the molecule is CCNC(c1cccc(CC(C)C)c1)C(C)S(C)(=O)=O. The molecule has 2 atom stereocenters. The van der Waals surface area contributed by atoms with Gasteiger partial charge >= 0.3 is 0 Å². The Labute approximate surface area is 123 Å². The smallest absolute Gasteiger partial charge is 0.151 e. The van der Waals surface area contributed by atoms with Crippen molar-refractivity contribution in [3.05, 3.63) is 35.4 Å². The summed E-state index contributed by atoms with van der Waals surface area (Å²) in [7, 11) is -3.07. The fourth-order valence-corrected chi connectivity index (χ4v) is 3.15. The summed E-state index contributed by atoms with van der Waals surface area (Å²) in [6.07, 6.45) is 2.32. The molecule has 1 rings (SSSR count). The van der Waals surface area contributed by atoms with Gasteiger partial charge in [-0.2, -0.15) is 0 Å². The zero-order chi connectivity index (χ0) is 15.3. The maximum atomic E-state index is 11.8. The lowest BCUT2D eigenvalue weighted by Gasteiger charge is -2.24. The van der Waals surface area contributed by atoms with Gasteiger partial charge < -0.3 is 5.32 Å². The highest BCUT2D eigenvalue weighted by Gasteiger charge is 2.26. The summed E-state index contributed by atoms with van der Waals surface area (Å²) < 4.78 is 23.7. The number of sulfone groups is 1. The average Bonchev–Trinajstić information content (AvgIpc) is 2.33. The lowest BCUT2D eigenvalue weighted by molar-refractivity contribution is 0.512. The molecule has 1 N–H and O–H groups in total. The first-order valence-electron chi connectivity index (χ1n) is 7.26. The van der Waals surface area contributed by atoms with E-state index in [1.807, 2.05) is 19.1 Å². The largest absolute Gasteiger partial charge is 0.309 e. The van der Waals surface area contributed by atoms with Crippen LogP contribution in [-0.4, -0.2) is 26.5 Å². The minimum absolute atomic E-state index is 0.151. The Morgan fingerprint density at radius 3 is 2.35 bits per heavy atom. The summed E-state index contributed by atoms with van der Waals surface area (Å²) in [6, 6.07) is 8.12. The minimum Gasteiger partial charge on any atom is -0.309 e. The highest BCUT2D eigenvalue weighted by molar-refractivity contribution is 7.91. The van der Waals surface area contributed by atoms with Crippen LogP contribution in [0.5, 0.6) is 0 Å². The van der Waals surface area contributed by atoms with E-state index in [0.29, 0.717) is 5.92 Å². The van der Waals surface area contributed by atoms with Gasteiger partial charge in [0.2, 0.25) is 0 Å². The quantitative estimate of drug-likeness (QED) is 0.841. The lowest BCUT2D eigenvalue weighted by Crippen LogP contribution is -2.35. The van der Waals surface area contributed by atoms with Crippen LogP contribution < -0.4 is 5.32 Å². The maximum Gasteiger partial charge on any atom is 0.151 e. The van der Waals surface area contributed by atoms with Crippen molar-refractivity contribution >= 4 is 9.84 Å². The molecule has 3 nitrogen and oxygen atoms in total. The van der Waals surface area contributed by atoms with Crippen LogP contribution in [0.3, 0.4) is 0 Å². The Bertz CT molecular complexity index is 523. The molecule has 1 aromatic carbocycles. The number of benzene rings is 1. The highest BCUT2D eigenvalue weighted by atomic mass is 32.2. The molecule has 0 amide bonds. The predicted molar refractivity (Wildman–Crippen MR) is 85.7 cm³/mol. The number of rotatable bonds is 7. The molecule has 0 aromatic heterocycles. The molecule has 0 saturated carbocycles. The van der Waals surface area contributed by atoms with Crippen molar-refractivity contribution in [3.63, 3.8) is 0 Å². The summed E-state index contributed by atoms with van der Waals surface area (Å²) in [5.74, 6) is 0.593. The maximum absolute atomic E-state index is 11.8. The van der Waals surface area contributed by atoms with Crippen molar-refractivity contribution in [3.8, 4) is 0 Å². The zero-order valence-electron chi connectivity index (χ0n) is 13.2. The van der Waals surface area contributed by atoms with E-state index >= 15 is 0 Å². The Kier molecular flexibility index (Phi) is 6.21. The molecular weight excluding hydrogens is 270 g/mol. The molecular formula is C16H27NO2S. The molecule has 2 unspecified atom stereocenters. The topological polar surface area (TPSA) is 46.2 Å². The van der Waals surface area contributed by atoms with Crippen LogP contribution in [-0.2, 0) is 16.3 Å². The second kappa shape index (κ2) is 7.23. The molecule has 4 heteroatoms. The zero-order valence-corrected chi connectivity index (χ0v) is 14.0. The fraction of sp³-hybridized carbons (Fsp3) is 0.625. The second-order valence-electron chi connectivity index (χ2n) is 5.91. The fourth-order valence-electron chi connectivity index (χ4n) is 2.41. The van der Waals surface area contributed by atoms with E-state index in [1.54, 1.807) is 6.92 Å². The van der Waals surface area contributed by atoms with Gasteiger partial charge in [-0.05, 0) is 36.9 Å². The molecule has 0 spiro atoms. The van der Waals surface area contributed by atoms with Gasteiger partial charge in [0, 0.05) is 12.3 Å². The third-order valence-electron chi connectivity index (χ3n) is 3.52. The summed E-state index contributed by atoms with van der Waals surface area (Å²) in [5, 5.41) is 2.87. The van der Waals surface area contributed by atoms with Crippen LogP contribution in [0.2, 0.25) is 0 Å². The molecule has 0 fully saturated rings. The predicted octanol–water partition coefficient (Wildman–Crippen LogP) is 2.97. The van der Waals surface area contributed by atoms with Gasteiger partial charge in [0.25, 0.3) is 0 Å². The Balaban J connectivity index is 3.09. The first-order valence-corrected chi connectivity index (χ1v) is 9.22. The first kappa shape index (κ1) is 17.2. The van der Waals surface area contributed by atoms with Gasteiger partial charge in [-0.1, -0.05) is 45.0 Å². The van der Waals surface area contributed by atoms with E-state index in [1.165, 1.54) is 11.8 Å². The van der Waals surface area contributed by atoms with Crippen molar-refractivity contribution in [2.45, 2.75) is 45.4 Å². The van der Waals surface area contributed by atoms with Crippen molar-refractivity contribution in [1.82, 2.24) is 5.32 Å². The monoisotopic (exact) mass is 297 g/mol. The third kappa shape index (κ3) is 4.91. The van der Waals surface area contributed by atoms with E-state index in [-0.39, 0.29) is 6.04 Å². The van der Waals surface area contributed by atoms with Crippen LogP contribution in [0.15, 0.2) is 24.3 Å². The molecule has 0 radical (unpaired) electrons. The molecule has 0 aliphatic rings. The van der Waals surface area contributed by atoms with Crippen molar-refractivity contribution < 1.29 is 8.42 Å². The molecule has 20 heavy (non-hydrogen) atoms. The van der Waals surface area contributed by atoms with E-state index < -0.39 is 15.1 Å². The van der Waals surface area contributed by atoms with E-state index in [4.69, 9.17) is 0 Å². The van der Waals surface area contributed by atoms with Crippen LogP contribution in [0.1, 0.15) is 44.9 Å². The van der Waals surface area contributed by atoms with Gasteiger partial charge in [0.15, 0.2) is 9.84 Å².